The van der Waals surface area contributed by atoms with Crippen LogP contribution in [-0.4, -0.2) is 25.3 Å². The molecule has 0 amide bonds. The van der Waals surface area contributed by atoms with Crippen molar-refractivity contribution < 1.29 is 9.90 Å². The molecule has 0 bridgehead atoms. The molecule has 0 spiro atoms. The summed E-state index contributed by atoms with van der Waals surface area (Å²) in [5.41, 5.74) is 2.27. The van der Waals surface area contributed by atoms with E-state index in [-0.39, 0.29) is 12.1 Å². The van der Waals surface area contributed by atoms with Crippen molar-refractivity contribution in [2.45, 2.75) is 38.6 Å². The van der Waals surface area contributed by atoms with Crippen molar-refractivity contribution in [2.24, 2.45) is 0 Å². The Kier molecular flexibility index (Phi) is 2.85. The van der Waals surface area contributed by atoms with E-state index in [2.05, 4.69) is 5.10 Å². The van der Waals surface area contributed by atoms with Gasteiger partial charge in [0.2, 0.25) is 0 Å². The highest BCUT2D eigenvalue weighted by molar-refractivity contribution is 5.67. The summed E-state index contributed by atoms with van der Waals surface area (Å²) in [7, 11) is 0. The van der Waals surface area contributed by atoms with Gasteiger partial charge < -0.3 is 9.67 Å². The molecule has 2 aromatic rings. The lowest BCUT2D eigenvalue weighted by molar-refractivity contribution is -0.137. The van der Waals surface area contributed by atoms with Gasteiger partial charge in [0.1, 0.15) is 12.1 Å². The number of aliphatic carboxylic acids is 1. The molecular formula is C13H15N3O3. The summed E-state index contributed by atoms with van der Waals surface area (Å²) >= 11 is 0. The zero-order valence-corrected chi connectivity index (χ0v) is 10.5. The lowest BCUT2D eigenvalue weighted by Gasteiger charge is -2.03. The van der Waals surface area contributed by atoms with Crippen LogP contribution in [0.2, 0.25) is 0 Å². The summed E-state index contributed by atoms with van der Waals surface area (Å²) < 4.78 is 2.82. The zero-order valence-electron chi connectivity index (χ0n) is 10.5. The number of aryl methyl sites for hydroxylation is 2. The SMILES string of the molecule is O=C(O)Cn1ccn2nc3c(c2c1=O)CCCCC3. The van der Waals surface area contributed by atoms with Gasteiger partial charge in [0, 0.05) is 18.0 Å². The third kappa shape index (κ3) is 2.03. The summed E-state index contributed by atoms with van der Waals surface area (Å²) in [6.07, 6.45) is 8.20. The summed E-state index contributed by atoms with van der Waals surface area (Å²) in [6, 6.07) is 0. The summed E-state index contributed by atoms with van der Waals surface area (Å²) in [6.45, 7) is -0.310. The first-order chi connectivity index (χ1) is 9.16. The zero-order chi connectivity index (χ0) is 13.4. The number of carbonyl (C=O) groups is 1. The van der Waals surface area contributed by atoms with E-state index < -0.39 is 5.97 Å². The summed E-state index contributed by atoms with van der Waals surface area (Å²) in [5.74, 6) is -1.02. The highest BCUT2D eigenvalue weighted by Crippen LogP contribution is 2.22. The minimum Gasteiger partial charge on any atom is -0.480 e. The molecule has 0 atom stereocenters. The molecule has 0 unspecified atom stereocenters. The Balaban J connectivity index is 2.21. The Bertz CT molecular complexity index is 699. The molecule has 6 nitrogen and oxygen atoms in total. The van der Waals surface area contributed by atoms with Crippen LogP contribution < -0.4 is 5.56 Å². The highest BCUT2D eigenvalue weighted by Gasteiger charge is 2.18. The molecule has 6 heteroatoms. The molecule has 2 aromatic heterocycles. The van der Waals surface area contributed by atoms with Gasteiger partial charge in [-0.3, -0.25) is 9.59 Å². The van der Waals surface area contributed by atoms with E-state index >= 15 is 0 Å². The van der Waals surface area contributed by atoms with Gasteiger partial charge in [-0.15, -0.1) is 0 Å². The van der Waals surface area contributed by atoms with Crippen molar-refractivity contribution in [2.75, 3.05) is 0 Å². The predicted octanol–water partition coefficient (Wildman–Crippen LogP) is 0.849. The maximum atomic E-state index is 12.3. The Morgan fingerprint density at radius 3 is 2.84 bits per heavy atom. The third-order valence-electron chi connectivity index (χ3n) is 3.59. The summed E-state index contributed by atoms with van der Waals surface area (Å²) in [4.78, 5) is 23.1. The molecule has 2 heterocycles. The molecule has 0 saturated heterocycles. The third-order valence-corrected chi connectivity index (χ3v) is 3.59. The van der Waals surface area contributed by atoms with Gasteiger partial charge in [-0.25, -0.2) is 4.52 Å². The van der Waals surface area contributed by atoms with Crippen molar-refractivity contribution in [3.05, 3.63) is 34.0 Å². The molecule has 0 saturated carbocycles. The Morgan fingerprint density at radius 1 is 1.26 bits per heavy atom. The monoisotopic (exact) mass is 261 g/mol. The van der Waals surface area contributed by atoms with Gasteiger partial charge in [-0.2, -0.15) is 5.10 Å². The standard InChI is InChI=1S/C13H15N3O3/c17-11(18)8-15-6-7-16-12(13(15)19)9-4-2-1-3-5-10(9)14-16/h6-7H,1-5,8H2,(H,17,18). The van der Waals surface area contributed by atoms with Crippen LogP contribution >= 0.6 is 0 Å². The van der Waals surface area contributed by atoms with Crippen molar-refractivity contribution in [3.63, 3.8) is 0 Å². The second kappa shape index (κ2) is 4.53. The molecule has 0 radical (unpaired) electrons. The quantitative estimate of drug-likeness (QED) is 0.813. The number of nitrogens with zero attached hydrogens (tertiary/aromatic N) is 3. The van der Waals surface area contributed by atoms with Crippen LogP contribution in [0.4, 0.5) is 0 Å². The molecule has 100 valence electrons. The van der Waals surface area contributed by atoms with Crippen LogP contribution in [0, 0.1) is 0 Å². The maximum Gasteiger partial charge on any atom is 0.323 e. The molecule has 1 aliphatic rings. The highest BCUT2D eigenvalue weighted by atomic mass is 16.4. The van der Waals surface area contributed by atoms with Gasteiger partial charge in [-0.05, 0) is 25.7 Å². The first-order valence-electron chi connectivity index (χ1n) is 6.48. The van der Waals surface area contributed by atoms with E-state index in [4.69, 9.17) is 5.11 Å². The average Bonchev–Trinajstić information content (AvgIpc) is 2.55. The lowest BCUT2D eigenvalue weighted by Crippen LogP contribution is -2.25. The average molecular weight is 261 g/mol. The Morgan fingerprint density at radius 2 is 2.05 bits per heavy atom. The van der Waals surface area contributed by atoms with E-state index in [0.29, 0.717) is 5.52 Å². The minimum absolute atomic E-state index is 0.263. The van der Waals surface area contributed by atoms with Gasteiger partial charge >= 0.3 is 5.97 Å². The first-order valence-corrected chi connectivity index (χ1v) is 6.48. The molecule has 1 N–H and O–H groups in total. The number of rotatable bonds is 2. The van der Waals surface area contributed by atoms with Gasteiger partial charge in [0.25, 0.3) is 5.56 Å². The molecular weight excluding hydrogens is 246 g/mol. The number of carboxylic acid groups (broad SMARTS) is 1. The number of aromatic nitrogens is 3. The molecule has 0 aromatic carbocycles. The van der Waals surface area contributed by atoms with Crippen LogP contribution in [0.5, 0.6) is 0 Å². The van der Waals surface area contributed by atoms with Crippen LogP contribution in [0.25, 0.3) is 5.52 Å². The van der Waals surface area contributed by atoms with Gasteiger partial charge in [0.15, 0.2) is 0 Å². The van der Waals surface area contributed by atoms with Crippen LogP contribution in [-0.2, 0) is 24.2 Å². The lowest BCUT2D eigenvalue weighted by atomic mass is 10.1. The van der Waals surface area contributed by atoms with Crippen molar-refractivity contribution in [1.29, 1.82) is 0 Å². The summed E-state index contributed by atoms with van der Waals surface area (Å²) in [5, 5.41) is 13.3. The fourth-order valence-corrected chi connectivity index (χ4v) is 2.70. The number of carboxylic acids is 1. The smallest absolute Gasteiger partial charge is 0.323 e. The van der Waals surface area contributed by atoms with E-state index in [0.717, 1.165) is 43.4 Å². The maximum absolute atomic E-state index is 12.3. The number of hydrogen-bond acceptors (Lipinski definition) is 3. The van der Waals surface area contributed by atoms with Crippen molar-refractivity contribution in [3.8, 4) is 0 Å². The second-order valence-electron chi connectivity index (χ2n) is 4.90. The van der Waals surface area contributed by atoms with Gasteiger partial charge in [-0.1, -0.05) is 6.42 Å². The topological polar surface area (TPSA) is 76.6 Å². The van der Waals surface area contributed by atoms with Crippen LogP contribution in [0.15, 0.2) is 17.2 Å². The molecule has 19 heavy (non-hydrogen) atoms. The second-order valence-corrected chi connectivity index (χ2v) is 4.90. The first kappa shape index (κ1) is 12.0. The number of fused-ring (bicyclic) bond motifs is 3. The van der Waals surface area contributed by atoms with Crippen molar-refractivity contribution in [1.82, 2.24) is 14.2 Å². The fraction of sp³-hybridized carbons (Fsp3) is 0.462. The fourth-order valence-electron chi connectivity index (χ4n) is 2.70. The van der Waals surface area contributed by atoms with Crippen molar-refractivity contribution >= 4 is 11.5 Å². The predicted molar refractivity (Wildman–Crippen MR) is 68.3 cm³/mol. The van der Waals surface area contributed by atoms with E-state index in [1.54, 1.807) is 10.7 Å². The van der Waals surface area contributed by atoms with E-state index in [9.17, 15) is 9.59 Å². The largest absolute Gasteiger partial charge is 0.480 e. The van der Waals surface area contributed by atoms with Crippen LogP contribution in [0.1, 0.15) is 30.5 Å². The molecule has 0 aliphatic heterocycles. The number of hydrogen-bond donors (Lipinski definition) is 1. The van der Waals surface area contributed by atoms with E-state index in [1.807, 2.05) is 0 Å². The Labute approximate surface area is 109 Å². The van der Waals surface area contributed by atoms with Crippen LogP contribution in [0.3, 0.4) is 0 Å². The van der Waals surface area contributed by atoms with E-state index in [1.165, 1.54) is 10.8 Å². The minimum atomic E-state index is -1.02. The Hall–Kier alpha value is -2.11. The normalized spacial score (nSPS) is 15.2. The molecule has 3 rings (SSSR count). The van der Waals surface area contributed by atoms with Gasteiger partial charge in [0.05, 0.1) is 5.69 Å². The molecule has 1 aliphatic carbocycles. The molecule has 0 fully saturated rings.